The van der Waals surface area contributed by atoms with Crippen molar-refractivity contribution < 1.29 is 0 Å². The second-order valence-corrected chi connectivity index (χ2v) is 5.06. The van der Waals surface area contributed by atoms with E-state index >= 15 is 0 Å². The number of allylic oxidation sites excluding steroid dienone is 2. The lowest BCUT2D eigenvalue weighted by Crippen LogP contribution is -1.92. The molecule has 0 spiro atoms. The van der Waals surface area contributed by atoms with Crippen molar-refractivity contribution in [2.24, 2.45) is 0 Å². The molecule has 0 fully saturated rings. The van der Waals surface area contributed by atoms with Gasteiger partial charge in [0.1, 0.15) is 0 Å². The van der Waals surface area contributed by atoms with E-state index in [4.69, 9.17) is 0 Å². The van der Waals surface area contributed by atoms with E-state index in [0.717, 1.165) is 12.8 Å². The molecule has 1 nitrogen and oxygen atoms in total. The van der Waals surface area contributed by atoms with Crippen LogP contribution in [0.1, 0.15) is 45.1 Å². The summed E-state index contributed by atoms with van der Waals surface area (Å²) in [4.78, 5) is 4.34. The van der Waals surface area contributed by atoms with Crippen molar-refractivity contribution in [3.8, 4) is 11.1 Å². The van der Waals surface area contributed by atoms with E-state index in [1.807, 2.05) is 12.4 Å². The van der Waals surface area contributed by atoms with Gasteiger partial charge in [-0.25, -0.2) is 0 Å². The maximum absolute atomic E-state index is 4.34. The number of rotatable bonds is 6. The summed E-state index contributed by atoms with van der Waals surface area (Å²) < 4.78 is 0. The van der Waals surface area contributed by atoms with E-state index in [1.165, 1.54) is 35.1 Å². The summed E-state index contributed by atoms with van der Waals surface area (Å²) in [6, 6.07) is 12.7. The van der Waals surface area contributed by atoms with Crippen LogP contribution in [0.2, 0.25) is 0 Å². The largest absolute Gasteiger partial charge is 0.264 e. The van der Waals surface area contributed by atoms with Crippen molar-refractivity contribution in [3.05, 3.63) is 60.4 Å². The van der Waals surface area contributed by atoms with E-state index in [-0.39, 0.29) is 0 Å². The van der Waals surface area contributed by atoms with Crippen LogP contribution >= 0.6 is 0 Å². The molecule has 0 bridgehead atoms. The normalized spacial score (nSPS) is 11.6. The first-order valence-corrected chi connectivity index (χ1v) is 7.55. The van der Waals surface area contributed by atoms with Crippen LogP contribution < -0.4 is 0 Å². The van der Waals surface area contributed by atoms with Gasteiger partial charge in [0.15, 0.2) is 0 Å². The zero-order valence-corrected chi connectivity index (χ0v) is 12.5. The highest BCUT2D eigenvalue weighted by atomic mass is 14.6. The van der Waals surface area contributed by atoms with Crippen LogP contribution in [0.3, 0.4) is 0 Å². The summed E-state index contributed by atoms with van der Waals surface area (Å²) in [5.74, 6) is 0. The van der Waals surface area contributed by atoms with Crippen molar-refractivity contribution in [2.75, 3.05) is 0 Å². The van der Waals surface area contributed by atoms with Gasteiger partial charge in [0, 0.05) is 18.0 Å². The molecule has 0 unspecified atom stereocenters. The Morgan fingerprint density at radius 3 is 2.55 bits per heavy atom. The Kier molecular flexibility index (Phi) is 5.55. The summed E-state index contributed by atoms with van der Waals surface area (Å²) in [5.41, 5.74) is 5.27. The number of pyridine rings is 1. The highest BCUT2D eigenvalue weighted by Crippen LogP contribution is 2.30. The highest BCUT2D eigenvalue weighted by Gasteiger charge is 2.08. The standard InChI is InChI=1S/C19H23N/c1-3-5-10-16(9-4-2)19-15-20-14-13-18(19)17-11-7-6-8-12-17/h6-8,10-15H,3-5,9H2,1-2H3/b16-10+. The molecule has 0 amide bonds. The second kappa shape index (κ2) is 7.64. The van der Waals surface area contributed by atoms with Gasteiger partial charge in [-0.2, -0.15) is 0 Å². The maximum Gasteiger partial charge on any atom is 0.0349 e. The van der Waals surface area contributed by atoms with Crippen molar-refractivity contribution in [2.45, 2.75) is 39.5 Å². The first kappa shape index (κ1) is 14.5. The summed E-state index contributed by atoms with van der Waals surface area (Å²) >= 11 is 0. The molecular weight excluding hydrogens is 242 g/mol. The lowest BCUT2D eigenvalue weighted by atomic mass is 9.93. The Bertz CT molecular complexity index is 555. The molecule has 1 aromatic carbocycles. The Balaban J connectivity index is 2.45. The number of nitrogens with zero attached hydrogens (tertiary/aromatic N) is 1. The molecule has 0 saturated heterocycles. The monoisotopic (exact) mass is 265 g/mol. The number of aromatic nitrogens is 1. The van der Waals surface area contributed by atoms with Crippen LogP contribution in [-0.4, -0.2) is 4.98 Å². The van der Waals surface area contributed by atoms with Gasteiger partial charge in [-0.15, -0.1) is 0 Å². The molecule has 0 radical (unpaired) electrons. The number of unbranched alkanes of at least 4 members (excludes halogenated alkanes) is 1. The predicted octanol–water partition coefficient (Wildman–Crippen LogP) is 5.73. The van der Waals surface area contributed by atoms with Gasteiger partial charge in [0.25, 0.3) is 0 Å². The van der Waals surface area contributed by atoms with Crippen LogP contribution in [0.4, 0.5) is 0 Å². The van der Waals surface area contributed by atoms with Crippen LogP contribution in [-0.2, 0) is 0 Å². The first-order valence-electron chi connectivity index (χ1n) is 7.55. The Morgan fingerprint density at radius 1 is 1.05 bits per heavy atom. The fourth-order valence-corrected chi connectivity index (χ4v) is 2.45. The SMILES string of the molecule is CCC/C=C(\CCC)c1cnccc1-c1ccccc1. The van der Waals surface area contributed by atoms with Gasteiger partial charge in [-0.1, -0.05) is 63.1 Å². The molecule has 1 aromatic heterocycles. The fourth-order valence-electron chi connectivity index (χ4n) is 2.45. The molecule has 0 N–H and O–H groups in total. The van der Waals surface area contributed by atoms with Crippen LogP contribution in [0.5, 0.6) is 0 Å². The van der Waals surface area contributed by atoms with E-state index < -0.39 is 0 Å². The molecule has 2 aromatic rings. The average Bonchev–Trinajstić information content (AvgIpc) is 2.52. The smallest absolute Gasteiger partial charge is 0.0349 e. The quantitative estimate of drug-likeness (QED) is 0.649. The summed E-state index contributed by atoms with van der Waals surface area (Å²) in [7, 11) is 0. The minimum absolute atomic E-state index is 1.12. The number of hydrogen-bond donors (Lipinski definition) is 0. The van der Waals surface area contributed by atoms with Gasteiger partial charge in [-0.05, 0) is 35.6 Å². The lowest BCUT2D eigenvalue weighted by molar-refractivity contribution is 0.932. The zero-order valence-electron chi connectivity index (χ0n) is 12.5. The molecule has 0 aliphatic heterocycles. The second-order valence-electron chi connectivity index (χ2n) is 5.06. The van der Waals surface area contributed by atoms with Gasteiger partial charge >= 0.3 is 0 Å². The topological polar surface area (TPSA) is 12.9 Å². The maximum atomic E-state index is 4.34. The molecule has 1 heteroatoms. The van der Waals surface area contributed by atoms with Gasteiger partial charge in [-0.3, -0.25) is 4.98 Å². The van der Waals surface area contributed by atoms with Gasteiger partial charge in [0.2, 0.25) is 0 Å². The van der Waals surface area contributed by atoms with Crippen molar-refractivity contribution >= 4 is 5.57 Å². The summed E-state index contributed by atoms with van der Waals surface area (Å²) in [5, 5.41) is 0. The molecule has 1 heterocycles. The van der Waals surface area contributed by atoms with E-state index in [2.05, 4.69) is 61.3 Å². The molecule has 0 aliphatic rings. The average molecular weight is 265 g/mol. The molecule has 0 atom stereocenters. The molecule has 104 valence electrons. The van der Waals surface area contributed by atoms with Crippen molar-refractivity contribution in [1.29, 1.82) is 0 Å². The lowest BCUT2D eigenvalue weighted by Gasteiger charge is -2.12. The van der Waals surface area contributed by atoms with E-state index in [1.54, 1.807) is 0 Å². The third-order valence-electron chi connectivity index (χ3n) is 3.45. The molecule has 20 heavy (non-hydrogen) atoms. The molecule has 0 saturated carbocycles. The third kappa shape index (κ3) is 3.57. The van der Waals surface area contributed by atoms with Crippen LogP contribution in [0, 0.1) is 0 Å². The van der Waals surface area contributed by atoms with Crippen molar-refractivity contribution in [3.63, 3.8) is 0 Å². The first-order chi connectivity index (χ1) is 9.86. The van der Waals surface area contributed by atoms with Crippen molar-refractivity contribution in [1.82, 2.24) is 4.98 Å². The molecule has 0 aliphatic carbocycles. The minimum atomic E-state index is 1.12. The number of hydrogen-bond acceptors (Lipinski definition) is 1. The highest BCUT2D eigenvalue weighted by molar-refractivity contribution is 5.80. The van der Waals surface area contributed by atoms with Crippen LogP contribution in [0.15, 0.2) is 54.9 Å². The van der Waals surface area contributed by atoms with E-state index in [0.29, 0.717) is 0 Å². The fraction of sp³-hybridized carbons (Fsp3) is 0.316. The zero-order chi connectivity index (χ0) is 14.2. The summed E-state index contributed by atoms with van der Waals surface area (Å²) in [6.07, 6.45) is 10.9. The summed E-state index contributed by atoms with van der Waals surface area (Å²) in [6.45, 7) is 4.46. The Labute approximate surface area is 122 Å². The third-order valence-corrected chi connectivity index (χ3v) is 3.45. The minimum Gasteiger partial charge on any atom is -0.264 e. The van der Waals surface area contributed by atoms with Gasteiger partial charge in [0.05, 0.1) is 0 Å². The Hall–Kier alpha value is -1.89. The Morgan fingerprint density at radius 2 is 1.85 bits per heavy atom. The predicted molar refractivity (Wildman–Crippen MR) is 87.5 cm³/mol. The molecular formula is C19H23N. The molecule has 2 rings (SSSR count). The number of benzene rings is 1. The van der Waals surface area contributed by atoms with Crippen LogP contribution in [0.25, 0.3) is 16.7 Å². The van der Waals surface area contributed by atoms with E-state index in [9.17, 15) is 0 Å². The van der Waals surface area contributed by atoms with Gasteiger partial charge < -0.3 is 0 Å².